The van der Waals surface area contributed by atoms with Gasteiger partial charge in [0, 0.05) is 25.0 Å². The van der Waals surface area contributed by atoms with Crippen molar-refractivity contribution < 1.29 is 9.90 Å². The van der Waals surface area contributed by atoms with E-state index in [9.17, 15) is 9.90 Å². The van der Waals surface area contributed by atoms with Crippen molar-refractivity contribution in [2.24, 2.45) is 7.05 Å². The Bertz CT molecular complexity index is 611. The SMILES string of the molecule is CSC(C)CNc1c(C(=O)O)cnc2c1cnn2C. The van der Waals surface area contributed by atoms with Gasteiger partial charge in [0.2, 0.25) is 0 Å². The topological polar surface area (TPSA) is 80.0 Å². The van der Waals surface area contributed by atoms with E-state index in [0.717, 1.165) is 5.39 Å². The van der Waals surface area contributed by atoms with E-state index in [0.29, 0.717) is 23.1 Å². The van der Waals surface area contributed by atoms with Crippen molar-refractivity contribution in [1.29, 1.82) is 0 Å². The van der Waals surface area contributed by atoms with Crippen LogP contribution < -0.4 is 5.32 Å². The van der Waals surface area contributed by atoms with Gasteiger partial charge in [-0.3, -0.25) is 4.68 Å². The minimum atomic E-state index is -0.988. The molecule has 2 aromatic rings. The normalized spacial score (nSPS) is 12.6. The number of carbonyl (C=O) groups is 1. The van der Waals surface area contributed by atoms with E-state index in [4.69, 9.17) is 0 Å². The van der Waals surface area contributed by atoms with Crippen LogP contribution in [0.5, 0.6) is 0 Å². The monoisotopic (exact) mass is 280 g/mol. The standard InChI is InChI=1S/C12H16N4O2S/c1-7(19-3)4-13-10-8-6-15-16(2)11(8)14-5-9(10)12(17)18/h5-7H,4H2,1-3H3,(H,13,14)(H,17,18). The number of hydrogen-bond donors (Lipinski definition) is 2. The fraction of sp³-hybridized carbons (Fsp3) is 0.417. The summed E-state index contributed by atoms with van der Waals surface area (Å²) >= 11 is 1.72. The smallest absolute Gasteiger partial charge is 0.339 e. The predicted octanol–water partition coefficient (Wildman–Crippen LogP) is 1.83. The molecule has 0 aromatic carbocycles. The van der Waals surface area contributed by atoms with Crippen molar-refractivity contribution in [3.8, 4) is 0 Å². The largest absolute Gasteiger partial charge is 0.478 e. The van der Waals surface area contributed by atoms with Gasteiger partial charge >= 0.3 is 5.97 Å². The Morgan fingerprint density at radius 2 is 2.32 bits per heavy atom. The molecule has 0 radical (unpaired) electrons. The number of carboxylic acid groups (broad SMARTS) is 1. The van der Waals surface area contributed by atoms with Gasteiger partial charge in [-0.05, 0) is 6.26 Å². The highest BCUT2D eigenvalue weighted by atomic mass is 32.2. The maximum atomic E-state index is 11.3. The van der Waals surface area contributed by atoms with Crippen LogP contribution in [0.2, 0.25) is 0 Å². The van der Waals surface area contributed by atoms with Crippen LogP contribution >= 0.6 is 11.8 Å². The molecule has 0 saturated carbocycles. The van der Waals surface area contributed by atoms with Gasteiger partial charge in [0.05, 0.1) is 17.3 Å². The number of nitrogens with zero attached hydrogens (tertiary/aromatic N) is 3. The van der Waals surface area contributed by atoms with Crippen LogP contribution in [0.4, 0.5) is 5.69 Å². The molecule has 0 aliphatic rings. The Morgan fingerprint density at radius 1 is 1.58 bits per heavy atom. The number of aryl methyl sites for hydroxylation is 1. The van der Waals surface area contributed by atoms with Crippen LogP contribution in [-0.4, -0.2) is 43.9 Å². The first-order valence-corrected chi connectivity index (χ1v) is 7.14. The molecule has 0 fully saturated rings. The number of nitrogens with one attached hydrogen (secondary N) is 1. The fourth-order valence-corrected chi connectivity index (χ4v) is 2.03. The van der Waals surface area contributed by atoms with Crippen LogP contribution in [0.25, 0.3) is 11.0 Å². The van der Waals surface area contributed by atoms with E-state index in [1.165, 1.54) is 6.20 Å². The molecule has 0 bridgehead atoms. The number of thioether (sulfide) groups is 1. The third-order valence-corrected chi connectivity index (χ3v) is 3.93. The maximum Gasteiger partial charge on any atom is 0.339 e. The molecule has 7 heteroatoms. The first kappa shape index (κ1) is 13.7. The molecule has 0 amide bonds. The molecule has 0 aliphatic carbocycles. The van der Waals surface area contributed by atoms with Gasteiger partial charge < -0.3 is 10.4 Å². The van der Waals surface area contributed by atoms with Crippen molar-refractivity contribution >= 4 is 34.5 Å². The number of aromatic nitrogens is 3. The number of rotatable bonds is 5. The second-order valence-electron chi connectivity index (χ2n) is 4.28. The average molecular weight is 280 g/mol. The van der Waals surface area contributed by atoms with Crippen LogP contribution in [0, 0.1) is 0 Å². The molecule has 0 saturated heterocycles. The molecule has 6 nitrogen and oxygen atoms in total. The Hall–Kier alpha value is -1.76. The molecule has 1 atom stereocenters. The Labute approximate surface area is 115 Å². The highest BCUT2D eigenvalue weighted by Crippen LogP contribution is 2.26. The van der Waals surface area contributed by atoms with Crippen molar-refractivity contribution in [3.63, 3.8) is 0 Å². The van der Waals surface area contributed by atoms with E-state index >= 15 is 0 Å². The summed E-state index contributed by atoms with van der Waals surface area (Å²) in [4.78, 5) is 15.4. The summed E-state index contributed by atoms with van der Waals surface area (Å²) < 4.78 is 1.63. The predicted molar refractivity (Wildman–Crippen MR) is 76.9 cm³/mol. The first-order valence-electron chi connectivity index (χ1n) is 5.85. The van der Waals surface area contributed by atoms with E-state index in [2.05, 4.69) is 22.3 Å². The molecular formula is C12H16N4O2S. The van der Waals surface area contributed by atoms with Crippen LogP contribution in [-0.2, 0) is 7.05 Å². The lowest BCUT2D eigenvalue weighted by Crippen LogP contribution is -2.15. The Morgan fingerprint density at radius 3 is 2.95 bits per heavy atom. The second kappa shape index (κ2) is 5.48. The highest BCUT2D eigenvalue weighted by Gasteiger charge is 2.17. The molecular weight excluding hydrogens is 264 g/mol. The molecule has 2 heterocycles. The molecule has 1 unspecified atom stereocenters. The van der Waals surface area contributed by atoms with Crippen LogP contribution in [0.15, 0.2) is 12.4 Å². The van der Waals surface area contributed by atoms with Gasteiger partial charge in [-0.2, -0.15) is 16.9 Å². The molecule has 2 rings (SSSR count). The van der Waals surface area contributed by atoms with E-state index < -0.39 is 5.97 Å². The van der Waals surface area contributed by atoms with E-state index in [-0.39, 0.29) is 5.56 Å². The average Bonchev–Trinajstić information content (AvgIpc) is 2.77. The Kier molecular flexibility index (Phi) is 3.94. The van der Waals surface area contributed by atoms with Gasteiger partial charge in [-0.25, -0.2) is 9.78 Å². The summed E-state index contributed by atoms with van der Waals surface area (Å²) in [5.74, 6) is -0.988. The van der Waals surface area contributed by atoms with Crippen LogP contribution in [0.3, 0.4) is 0 Å². The third kappa shape index (κ3) is 2.65. The molecule has 102 valence electrons. The Balaban J connectivity index is 2.47. The summed E-state index contributed by atoms with van der Waals surface area (Å²) in [6, 6.07) is 0. The summed E-state index contributed by atoms with van der Waals surface area (Å²) in [5, 5.41) is 17.7. The molecule has 2 aromatic heterocycles. The lowest BCUT2D eigenvalue weighted by Gasteiger charge is -2.13. The quantitative estimate of drug-likeness (QED) is 0.869. The summed E-state index contributed by atoms with van der Waals surface area (Å²) in [6.07, 6.45) is 5.04. The lowest BCUT2D eigenvalue weighted by molar-refractivity contribution is 0.0697. The summed E-state index contributed by atoms with van der Waals surface area (Å²) in [5.41, 5.74) is 1.43. The minimum absolute atomic E-state index is 0.175. The zero-order chi connectivity index (χ0) is 14.0. The van der Waals surface area contributed by atoms with Gasteiger partial charge in [0.25, 0.3) is 0 Å². The number of aromatic carboxylic acids is 1. The van der Waals surface area contributed by atoms with Gasteiger partial charge in [-0.15, -0.1) is 0 Å². The van der Waals surface area contributed by atoms with Gasteiger partial charge in [0.15, 0.2) is 5.65 Å². The van der Waals surface area contributed by atoms with Crippen molar-refractivity contribution in [2.75, 3.05) is 18.1 Å². The molecule has 19 heavy (non-hydrogen) atoms. The zero-order valence-corrected chi connectivity index (χ0v) is 11.9. The van der Waals surface area contributed by atoms with Crippen molar-refractivity contribution in [1.82, 2.24) is 14.8 Å². The number of hydrogen-bond acceptors (Lipinski definition) is 5. The van der Waals surface area contributed by atoms with Gasteiger partial charge in [-0.1, -0.05) is 6.92 Å². The zero-order valence-electron chi connectivity index (χ0n) is 11.0. The van der Waals surface area contributed by atoms with Crippen molar-refractivity contribution in [2.45, 2.75) is 12.2 Å². The lowest BCUT2D eigenvalue weighted by atomic mass is 10.2. The number of pyridine rings is 1. The van der Waals surface area contributed by atoms with Gasteiger partial charge in [0.1, 0.15) is 5.56 Å². The van der Waals surface area contributed by atoms with E-state index in [1.807, 2.05) is 6.26 Å². The van der Waals surface area contributed by atoms with Crippen LogP contribution in [0.1, 0.15) is 17.3 Å². The van der Waals surface area contributed by atoms with Crippen molar-refractivity contribution in [3.05, 3.63) is 18.0 Å². The highest BCUT2D eigenvalue weighted by molar-refractivity contribution is 7.99. The van der Waals surface area contributed by atoms with E-state index in [1.54, 1.807) is 29.7 Å². The summed E-state index contributed by atoms with van der Waals surface area (Å²) in [7, 11) is 1.78. The number of fused-ring (bicyclic) bond motifs is 1. The minimum Gasteiger partial charge on any atom is -0.478 e. The summed E-state index contributed by atoms with van der Waals surface area (Å²) in [6.45, 7) is 2.77. The second-order valence-corrected chi connectivity index (χ2v) is 5.56. The first-order chi connectivity index (χ1) is 9.04. The molecule has 2 N–H and O–H groups in total. The fourth-order valence-electron chi connectivity index (χ4n) is 1.78. The molecule has 0 aliphatic heterocycles. The number of carboxylic acids is 1. The third-order valence-electron chi connectivity index (χ3n) is 2.96. The maximum absolute atomic E-state index is 11.3. The number of anilines is 1. The molecule has 0 spiro atoms.